The number of benzene rings is 3. The van der Waals surface area contributed by atoms with Crippen LogP contribution in [0.15, 0.2) is 72.8 Å². The largest absolute Gasteiger partial charge is 0.497 e. The molecule has 0 aliphatic carbocycles. The Hall–Kier alpha value is -4.13. The molecular weight excluding hydrogens is 422 g/mol. The van der Waals surface area contributed by atoms with Gasteiger partial charge in [-0.25, -0.2) is 4.79 Å². The average Bonchev–Trinajstić information content (AvgIpc) is 2.86. The van der Waals surface area contributed by atoms with Crippen molar-refractivity contribution in [3.8, 4) is 11.5 Å². The van der Waals surface area contributed by atoms with E-state index in [0.29, 0.717) is 17.1 Å². The van der Waals surface area contributed by atoms with E-state index in [4.69, 9.17) is 14.2 Å². The van der Waals surface area contributed by atoms with Crippen molar-refractivity contribution in [3.63, 3.8) is 0 Å². The molecule has 0 bridgehead atoms. The van der Waals surface area contributed by atoms with Crippen molar-refractivity contribution >= 4 is 17.7 Å². The molecule has 0 saturated carbocycles. The first kappa shape index (κ1) is 23.5. The molecule has 1 amide bonds. The van der Waals surface area contributed by atoms with Crippen molar-refractivity contribution in [1.29, 1.82) is 0 Å². The maximum atomic E-state index is 12.8. The predicted molar refractivity (Wildman–Crippen MR) is 123 cm³/mol. The first-order valence-electron chi connectivity index (χ1n) is 10.3. The van der Waals surface area contributed by atoms with E-state index in [1.807, 2.05) is 0 Å². The Balaban J connectivity index is 1.66. The highest BCUT2D eigenvalue weighted by atomic mass is 16.5. The fraction of sp³-hybridized carbons (Fsp3) is 0.192. The third kappa shape index (κ3) is 5.77. The van der Waals surface area contributed by atoms with E-state index in [-0.39, 0.29) is 16.9 Å². The van der Waals surface area contributed by atoms with Crippen LogP contribution >= 0.6 is 0 Å². The standard InChI is InChI=1S/C26H25NO6/c1-17(22-15-19(31-2)13-14-23(22)32-3)27-24(28)16-33-26(30)21-12-8-7-11-20(21)25(29)18-9-5-4-6-10-18/h4-15,17H,16H2,1-3H3,(H,27,28). The molecule has 0 radical (unpaired) electrons. The van der Waals surface area contributed by atoms with Crippen LogP contribution in [0.3, 0.4) is 0 Å². The summed E-state index contributed by atoms with van der Waals surface area (Å²) in [5.74, 6) is -0.331. The van der Waals surface area contributed by atoms with E-state index in [0.717, 1.165) is 5.56 Å². The highest BCUT2D eigenvalue weighted by molar-refractivity contribution is 6.14. The van der Waals surface area contributed by atoms with Gasteiger partial charge in [0, 0.05) is 16.7 Å². The van der Waals surface area contributed by atoms with E-state index < -0.39 is 24.5 Å². The van der Waals surface area contributed by atoms with Gasteiger partial charge in [-0.2, -0.15) is 0 Å². The van der Waals surface area contributed by atoms with Crippen molar-refractivity contribution in [2.24, 2.45) is 0 Å². The van der Waals surface area contributed by atoms with Crippen molar-refractivity contribution in [2.45, 2.75) is 13.0 Å². The van der Waals surface area contributed by atoms with E-state index >= 15 is 0 Å². The van der Waals surface area contributed by atoms with Gasteiger partial charge in [-0.1, -0.05) is 48.5 Å². The quantitative estimate of drug-likeness (QED) is 0.394. The van der Waals surface area contributed by atoms with Crippen molar-refractivity contribution in [2.75, 3.05) is 20.8 Å². The lowest BCUT2D eigenvalue weighted by Gasteiger charge is -2.18. The number of ether oxygens (including phenoxy) is 3. The second-order valence-corrected chi connectivity index (χ2v) is 7.21. The van der Waals surface area contributed by atoms with Crippen LogP contribution in [0.5, 0.6) is 11.5 Å². The van der Waals surface area contributed by atoms with Crippen molar-refractivity contribution in [3.05, 3.63) is 95.1 Å². The molecule has 1 atom stereocenters. The van der Waals surface area contributed by atoms with Crippen molar-refractivity contribution < 1.29 is 28.6 Å². The fourth-order valence-corrected chi connectivity index (χ4v) is 3.35. The molecule has 1 unspecified atom stereocenters. The van der Waals surface area contributed by atoms with Gasteiger partial charge in [0.05, 0.1) is 25.8 Å². The van der Waals surface area contributed by atoms with Gasteiger partial charge in [0.25, 0.3) is 5.91 Å². The van der Waals surface area contributed by atoms with Gasteiger partial charge in [-0.3, -0.25) is 9.59 Å². The SMILES string of the molecule is COc1ccc(OC)c(C(C)NC(=O)COC(=O)c2ccccc2C(=O)c2ccccc2)c1. The Kier molecular flexibility index (Phi) is 7.81. The molecule has 1 N–H and O–H groups in total. The average molecular weight is 447 g/mol. The van der Waals surface area contributed by atoms with Crippen LogP contribution < -0.4 is 14.8 Å². The number of rotatable bonds is 9. The second kappa shape index (κ2) is 10.9. The third-order valence-corrected chi connectivity index (χ3v) is 5.04. The predicted octanol–water partition coefficient (Wildman–Crippen LogP) is 3.97. The van der Waals surface area contributed by atoms with Crippen LogP contribution in [0.1, 0.15) is 44.8 Å². The zero-order chi connectivity index (χ0) is 23.8. The number of carbonyl (C=O) groups is 3. The molecule has 3 aromatic rings. The minimum absolute atomic E-state index is 0.0988. The Morgan fingerprint density at radius 1 is 0.848 bits per heavy atom. The summed E-state index contributed by atoms with van der Waals surface area (Å²) in [4.78, 5) is 37.9. The molecule has 0 aliphatic rings. The number of methoxy groups -OCH3 is 2. The zero-order valence-corrected chi connectivity index (χ0v) is 18.7. The summed E-state index contributed by atoms with van der Waals surface area (Å²) in [6, 6.07) is 19.9. The Morgan fingerprint density at radius 2 is 1.52 bits per heavy atom. The lowest BCUT2D eigenvalue weighted by molar-refractivity contribution is -0.124. The maximum Gasteiger partial charge on any atom is 0.339 e. The lowest BCUT2D eigenvalue weighted by Crippen LogP contribution is -2.31. The van der Waals surface area contributed by atoms with Crippen LogP contribution in [-0.4, -0.2) is 38.5 Å². The summed E-state index contributed by atoms with van der Waals surface area (Å²) < 4.78 is 15.8. The summed E-state index contributed by atoms with van der Waals surface area (Å²) in [7, 11) is 3.09. The summed E-state index contributed by atoms with van der Waals surface area (Å²) in [5, 5.41) is 2.77. The Labute approximate surface area is 192 Å². The molecule has 7 heteroatoms. The molecule has 0 heterocycles. The first-order valence-corrected chi connectivity index (χ1v) is 10.3. The molecule has 0 aliphatic heterocycles. The number of esters is 1. The number of amides is 1. The fourth-order valence-electron chi connectivity index (χ4n) is 3.35. The number of hydrogen-bond acceptors (Lipinski definition) is 6. The van der Waals surface area contributed by atoms with Crippen LogP contribution in [0, 0.1) is 0 Å². The molecule has 0 fully saturated rings. The molecule has 33 heavy (non-hydrogen) atoms. The molecule has 170 valence electrons. The number of hydrogen-bond donors (Lipinski definition) is 1. The number of carbonyl (C=O) groups excluding carboxylic acids is 3. The van der Waals surface area contributed by atoms with E-state index in [1.165, 1.54) is 13.2 Å². The second-order valence-electron chi connectivity index (χ2n) is 7.21. The Bertz CT molecular complexity index is 1140. The number of nitrogens with one attached hydrogen (secondary N) is 1. The smallest absolute Gasteiger partial charge is 0.339 e. The van der Waals surface area contributed by atoms with Crippen LogP contribution in [0.25, 0.3) is 0 Å². The lowest BCUT2D eigenvalue weighted by atomic mass is 9.98. The normalized spacial score (nSPS) is 11.2. The zero-order valence-electron chi connectivity index (χ0n) is 18.7. The molecule has 0 spiro atoms. The van der Waals surface area contributed by atoms with Crippen LogP contribution in [-0.2, 0) is 9.53 Å². The summed E-state index contributed by atoms with van der Waals surface area (Å²) in [6.07, 6.45) is 0. The van der Waals surface area contributed by atoms with E-state index in [9.17, 15) is 14.4 Å². The minimum Gasteiger partial charge on any atom is -0.497 e. The van der Waals surface area contributed by atoms with Gasteiger partial charge >= 0.3 is 5.97 Å². The van der Waals surface area contributed by atoms with Crippen molar-refractivity contribution in [1.82, 2.24) is 5.32 Å². The van der Waals surface area contributed by atoms with E-state index in [1.54, 1.807) is 80.8 Å². The maximum absolute atomic E-state index is 12.8. The summed E-state index contributed by atoms with van der Waals surface area (Å²) in [6.45, 7) is 1.29. The summed E-state index contributed by atoms with van der Waals surface area (Å²) >= 11 is 0. The molecule has 0 saturated heterocycles. The topological polar surface area (TPSA) is 90.9 Å². The summed E-state index contributed by atoms with van der Waals surface area (Å²) in [5.41, 5.74) is 1.48. The highest BCUT2D eigenvalue weighted by Gasteiger charge is 2.21. The van der Waals surface area contributed by atoms with E-state index in [2.05, 4.69) is 5.32 Å². The first-order chi connectivity index (χ1) is 15.9. The molecule has 3 aromatic carbocycles. The van der Waals surface area contributed by atoms with Crippen LogP contribution in [0.4, 0.5) is 0 Å². The number of ketones is 1. The molecule has 7 nitrogen and oxygen atoms in total. The third-order valence-electron chi connectivity index (χ3n) is 5.04. The molecular formula is C26H25NO6. The van der Waals surface area contributed by atoms with Gasteiger partial charge in [-0.05, 0) is 31.2 Å². The van der Waals surface area contributed by atoms with Gasteiger partial charge in [0.15, 0.2) is 12.4 Å². The highest BCUT2D eigenvalue weighted by Crippen LogP contribution is 2.29. The van der Waals surface area contributed by atoms with Gasteiger partial charge in [-0.15, -0.1) is 0 Å². The monoisotopic (exact) mass is 447 g/mol. The minimum atomic E-state index is -0.753. The van der Waals surface area contributed by atoms with Gasteiger partial charge in [0.2, 0.25) is 0 Å². The molecule has 0 aromatic heterocycles. The van der Waals surface area contributed by atoms with Gasteiger partial charge < -0.3 is 19.5 Å². The van der Waals surface area contributed by atoms with Crippen LogP contribution in [0.2, 0.25) is 0 Å². The van der Waals surface area contributed by atoms with Gasteiger partial charge in [0.1, 0.15) is 11.5 Å². The molecule has 3 rings (SSSR count). The Morgan fingerprint density at radius 3 is 2.18 bits per heavy atom.